The smallest absolute Gasteiger partial charge is 0.194 e. The summed E-state index contributed by atoms with van der Waals surface area (Å²) in [6, 6.07) is 6.21. The number of ether oxygens (including phenoxy) is 2. The van der Waals surface area contributed by atoms with Crippen LogP contribution in [0.25, 0.3) is 0 Å². The summed E-state index contributed by atoms with van der Waals surface area (Å²) < 4.78 is 13.0. The van der Waals surface area contributed by atoms with Gasteiger partial charge in [-0.2, -0.15) is 5.10 Å². The van der Waals surface area contributed by atoms with Gasteiger partial charge in [0.15, 0.2) is 5.96 Å². The number of guanidine groups is 1. The van der Waals surface area contributed by atoms with E-state index in [4.69, 9.17) is 9.47 Å². The lowest BCUT2D eigenvalue weighted by Gasteiger charge is -2.34. The van der Waals surface area contributed by atoms with Crippen molar-refractivity contribution in [1.82, 2.24) is 20.0 Å². The van der Waals surface area contributed by atoms with Crippen LogP contribution in [0.2, 0.25) is 0 Å². The van der Waals surface area contributed by atoms with E-state index in [9.17, 15) is 0 Å². The highest BCUT2D eigenvalue weighted by molar-refractivity contribution is 14.0. The van der Waals surface area contributed by atoms with Crippen LogP contribution in [0.5, 0.6) is 5.75 Å². The highest BCUT2D eigenvalue weighted by atomic mass is 127. The molecule has 1 fully saturated rings. The quantitative estimate of drug-likeness (QED) is 0.410. The van der Waals surface area contributed by atoms with E-state index in [1.165, 1.54) is 5.56 Å². The number of hydrogen-bond acceptors (Lipinski definition) is 4. The van der Waals surface area contributed by atoms with E-state index in [0.717, 1.165) is 35.9 Å². The third kappa shape index (κ3) is 5.35. The normalized spacial score (nSPS) is 17.4. The number of morpholine rings is 1. The van der Waals surface area contributed by atoms with E-state index in [1.807, 2.05) is 32.6 Å². The summed E-state index contributed by atoms with van der Waals surface area (Å²) in [6.07, 6.45) is 3.88. The average molecular weight is 485 g/mol. The van der Waals surface area contributed by atoms with Gasteiger partial charge >= 0.3 is 0 Å². The van der Waals surface area contributed by atoms with E-state index < -0.39 is 0 Å². The second kappa shape index (κ2) is 9.93. The lowest BCUT2D eigenvalue weighted by Crippen LogP contribution is -2.47. The van der Waals surface area contributed by atoms with Crippen molar-refractivity contribution in [2.24, 2.45) is 12.0 Å². The number of halogens is 1. The number of rotatable bonds is 4. The Morgan fingerprint density at radius 1 is 1.44 bits per heavy atom. The van der Waals surface area contributed by atoms with Gasteiger partial charge < -0.3 is 19.7 Å². The molecule has 0 bridgehead atoms. The van der Waals surface area contributed by atoms with Gasteiger partial charge in [0.05, 0.1) is 26.5 Å². The Morgan fingerprint density at radius 2 is 2.26 bits per heavy atom. The molecule has 3 rings (SSSR count). The van der Waals surface area contributed by atoms with E-state index >= 15 is 0 Å². The summed E-state index contributed by atoms with van der Waals surface area (Å²) in [5, 5.41) is 7.70. The first-order chi connectivity index (χ1) is 12.6. The minimum absolute atomic E-state index is 0. The van der Waals surface area contributed by atoms with Gasteiger partial charge in [-0.15, -0.1) is 24.0 Å². The van der Waals surface area contributed by atoms with Crippen LogP contribution in [0.3, 0.4) is 0 Å². The molecule has 7 nitrogen and oxygen atoms in total. The Kier molecular flexibility index (Phi) is 7.91. The van der Waals surface area contributed by atoms with Crippen molar-refractivity contribution in [3.05, 3.63) is 47.3 Å². The van der Waals surface area contributed by atoms with Crippen molar-refractivity contribution in [2.45, 2.75) is 19.6 Å². The number of methoxy groups -OCH3 is 1. The van der Waals surface area contributed by atoms with Gasteiger partial charge in [0, 0.05) is 38.9 Å². The first-order valence-electron chi connectivity index (χ1n) is 8.80. The number of hydrogen-bond donors (Lipinski definition) is 1. The van der Waals surface area contributed by atoms with Crippen LogP contribution in [0.4, 0.5) is 0 Å². The lowest BCUT2D eigenvalue weighted by molar-refractivity contribution is -0.00805. The molecule has 0 amide bonds. The summed E-state index contributed by atoms with van der Waals surface area (Å²) in [5.41, 5.74) is 3.42. The molecule has 1 aromatic heterocycles. The lowest BCUT2D eigenvalue weighted by atomic mass is 10.1. The zero-order valence-corrected chi connectivity index (χ0v) is 18.6. The van der Waals surface area contributed by atoms with Crippen LogP contribution in [0.15, 0.2) is 35.6 Å². The molecular formula is C19H28IN5O2. The van der Waals surface area contributed by atoms with E-state index in [-0.39, 0.29) is 30.1 Å². The zero-order chi connectivity index (χ0) is 18.5. The van der Waals surface area contributed by atoms with Gasteiger partial charge in [-0.25, -0.2) is 0 Å². The van der Waals surface area contributed by atoms with Crippen molar-refractivity contribution in [2.75, 3.05) is 33.9 Å². The molecule has 0 saturated carbocycles. The molecule has 0 radical (unpaired) electrons. The molecule has 8 heteroatoms. The monoisotopic (exact) mass is 485 g/mol. The number of aliphatic imine (C=N–C) groups is 1. The SMILES string of the molecule is CN=C(NCc1ccc(OC)c(C)c1)N1CCOC(c2cnn(C)c2)C1.I. The summed E-state index contributed by atoms with van der Waals surface area (Å²) in [7, 11) is 5.43. The maximum Gasteiger partial charge on any atom is 0.194 e. The molecule has 1 atom stereocenters. The Hall–Kier alpha value is -1.81. The van der Waals surface area contributed by atoms with Crippen LogP contribution in [0.1, 0.15) is 22.8 Å². The molecule has 1 aliphatic rings. The Balaban J connectivity index is 0.00000261. The summed E-state index contributed by atoms with van der Waals surface area (Å²) >= 11 is 0. The van der Waals surface area contributed by atoms with Crippen molar-refractivity contribution in [1.29, 1.82) is 0 Å². The fourth-order valence-electron chi connectivity index (χ4n) is 3.21. The molecule has 1 saturated heterocycles. The second-order valence-corrected chi connectivity index (χ2v) is 6.46. The number of benzene rings is 1. The predicted octanol–water partition coefficient (Wildman–Crippen LogP) is 2.50. The predicted molar refractivity (Wildman–Crippen MR) is 117 cm³/mol. The molecule has 27 heavy (non-hydrogen) atoms. The molecular weight excluding hydrogens is 457 g/mol. The van der Waals surface area contributed by atoms with Gasteiger partial charge in [-0.3, -0.25) is 9.67 Å². The number of nitrogens with zero attached hydrogens (tertiary/aromatic N) is 4. The fraction of sp³-hybridized carbons (Fsp3) is 0.474. The number of aromatic nitrogens is 2. The van der Waals surface area contributed by atoms with Crippen molar-refractivity contribution >= 4 is 29.9 Å². The standard InChI is InChI=1S/C19H27N5O2.HI/c1-14-9-15(5-6-17(14)25-4)10-21-19(20-2)24-7-8-26-18(13-24)16-11-22-23(3)12-16;/h5-6,9,11-12,18H,7-8,10,13H2,1-4H3,(H,20,21);1H. The highest BCUT2D eigenvalue weighted by Crippen LogP contribution is 2.22. The fourth-order valence-corrected chi connectivity index (χ4v) is 3.21. The van der Waals surface area contributed by atoms with Crippen LogP contribution in [-0.4, -0.2) is 54.5 Å². The van der Waals surface area contributed by atoms with Crippen LogP contribution >= 0.6 is 24.0 Å². The van der Waals surface area contributed by atoms with E-state index in [1.54, 1.807) is 11.8 Å². The summed E-state index contributed by atoms with van der Waals surface area (Å²) in [5.74, 6) is 1.79. The van der Waals surface area contributed by atoms with E-state index in [2.05, 4.69) is 39.4 Å². The molecule has 1 aromatic carbocycles. The van der Waals surface area contributed by atoms with Gasteiger partial charge in [-0.05, 0) is 24.1 Å². The first-order valence-corrected chi connectivity index (χ1v) is 8.80. The van der Waals surface area contributed by atoms with Gasteiger partial charge in [0.2, 0.25) is 0 Å². The molecule has 0 spiro atoms. The summed E-state index contributed by atoms with van der Waals surface area (Å²) in [4.78, 5) is 6.68. The summed E-state index contributed by atoms with van der Waals surface area (Å²) in [6.45, 7) is 5.01. The van der Waals surface area contributed by atoms with Crippen LogP contribution < -0.4 is 10.1 Å². The Bertz CT molecular complexity index is 777. The number of nitrogens with one attached hydrogen (secondary N) is 1. The Labute approximate surface area is 177 Å². The van der Waals surface area contributed by atoms with E-state index in [0.29, 0.717) is 13.2 Å². The maximum absolute atomic E-state index is 5.91. The topological polar surface area (TPSA) is 63.9 Å². The minimum Gasteiger partial charge on any atom is -0.496 e. The third-order valence-electron chi connectivity index (χ3n) is 4.58. The molecule has 1 unspecified atom stereocenters. The third-order valence-corrected chi connectivity index (χ3v) is 4.58. The van der Waals surface area contributed by atoms with Crippen molar-refractivity contribution in [3.8, 4) is 5.75 Å². The molecule has 2 aromatic rings. The maximum atomic E-state index is 5.91. The second-order valence-electron chi connectivity index (χ2n) is 6.46. The molecule has 1 N–H and O–H groups in total. The van der Waals surface area contributed by atoms with Gasteiger partial charge in [0.1, 0.15) is 11.9 Å². The van der Waals surface area contributed by atoms with Crippen LogP contribution in [0, 0.1) is 6.92 Å². The molecule has 1 aliphatic heterocycles. The zero-order valence-electron chi connectivity index (χ0n) is 16.3. The minimum atomic E-state index is 0. The van der Waals surface area contributed by atoms with Crippen molar-refractivity contribution < 1.29 is 9.47 Å². The average Bonchev–Trinajstić information content (AvgIpc) is 3.09. The number of aryl methyl sites for hydroxylation is 2. The molecule has 148 valence electrons. The molecule has 2 heterocycles. The van der Waals surface area contributed by atoms with Crippen LogP contribution in [-0.2, 0) is 18.3 Å². The van der Waals surface area contributed by atoms with Crippen molar-refractivity contribution in [3.63, 3.8) is 0 Å². The highest BCUT2D eigenvalue weighted by Gasteiger charge is 2.25. The first kappa shape index (κ1) is 21.5. The van der Waals surface area contributed by atoms with Gasteiger partial charge in [0.25, 0.3) is 0 Å². The largest absolute Gasteiger partial charge is 0.496 e. The molecule has 0 aliphatic carbocycles. The Morgan fingerprint density at radius 3 is 2.89 bits per heavy atom. The van der Waals surface area contributed by atoms with Gasteiger partial charge in [-0.1, -0.05) is 12.1 Å².